The molecule has 13 aromatic rings. The van der Waals surface area contributed by atoms with Crippen molar-refractivity contribution < 1.29 is 32.6 Å². The lowest BCUT2D eigenvalue weighted by molar-refractivity contribution is -0.142. The highest BCUT2D eigenvalue weighted by Crippen LogP contribution is 2.44. The average Bonchev–Trinajstić information content (AvgIpc) is 1.61. The maximum atomic E-state index is 12.3. The molecule has 3 aliphatic rings. The van der Waals surface area contributed by atoms with Crippen molar-refractivity contribution in [1.82, 2.24) is 77.8 Å². The predicted molar refractivity (Wildman–Crippen MR) is 389 cm³/mol. The van der Waals surface area contributed by atoms with Gasteiger partial charge in [0.05, 0.1) is 52.9 Å². The number of nitrogens with two attached hydrogens (primary N) is 3. The van der Waals surface area contributed by atoms with Crippen LogP contribution in [-0.4, -0.2) is 145 Å². The third-order valence-electron chi connectivity index (χ3n) is 19.4. The van der Waals surface area contributed by atoms with Crippen molar-refractivity contribution in [3.8, 4) is 51.0 Å². The Morgan fingerprint density at radius 2 is 1.11 bits per heavy atom. The Hall–Kier alpha value is -10.6. The van der Waals surface area contributed by atoms with E-state index in [1.165, 1.54) is 6.33 Å². The van der Waals surface area contributed by atoms with Crippen LogP contribution in [0.2, 0.25) is 5.02 Å². The lowest BCUT2D eigenvalue weighted by Gasteiger charge is -2.33. The molecule has 10 heterocycles. The highest BCUT2D eigenvalue weighted by Gasteiger charge is 2.35. The van der Waals surface area contributed by atoms with E-state index < -0.39 is 21.9 Å². The van der Waals surface area contributed by atoms with Crippen molar-refractivity contribution in [2.75, 3.05) is 57.8 Å². The molecular formula is C71H73BrClN19O7S. The van der Waals surface area contributed by atoms with Crippen LogP contribution < -0.4 is 26.7 Å². The molecule has 9 aromatic heterocycles. The van der Waals surface area contributed by atoms with Gasteiger partial charge in [-0.3, -0.25) is 23.1 Å². The Morgan fingerprint density at radius 1 is 0.620 bits per heavy atom. The normalized spacial score (nSPS) is 17.5. The Labute approximate surface area is 586 Å². The molecule has 26 nitrogen and oxygen atoms in total. The number of urea groups is 1. The van der Waals surface area contributed by atoms with Crippen LogP contribution in [0.25, 0.3) is 94.5 Å². The molecule has 1 saturated heterocycles. The van der Waals surface area contributed by atoms with Crippen molar-refractivity contribution in [2.24, 2.45) is 11.8 Å². The number of fused-ring (bicyclic) bond motifs is 6. The van der Waals surface area contributed by atoms with Crippen LogP contribution in [0, 0.1) is 11.8 Å². The van der Waals surface area contributed by atoms with E-state index in [2.05, 4.69) is 78.3 Å². The number of aromatic nitrogens is 13. The Balaban J connectivity index is 0.000000128. The number of carboxylic acid groups (broad SMARTS) is 1. The molecule has 16 rings (SSSR count). The number of imidazole rings is 3. The van der Waals surface area contributed by atoms with Crippen molar-refractivity contribution in [2.45, 2.75) is 82.0 Å². The molecule has 3 fully saturated rings. The number of likely N-dealkylation sites (tertiary alicyclic amines) is 1. The number of carbonyl (C=O) groups excluding carboxylic acids is 2. The fraction of sp³-hybridized carbons (Fsp3) is 0.296. The Kier molecular flexibility index (Phi) is 18.2. The van der Waals surface area contributed by atoms with Crippen molar-refractivity contribution in [3.63, 3.8) is 0 Å². The van der Waals surface area contributed by atoms with Crippen LogP contribution in [-0.2, 0) is 19.6 Å². The maximum Gasteiger partial charge on any atom is 0.319 e. The van der Waals surface area contributed by atoms with Crippen molar-refractivity contribution in [1.29, 1.82) is 0 Å². The molecule has 29 heteroatoms. The minimum Gasteiger partial charge on any atom is -0.495 e. The summed E-state index contributed by atoms with van der Waals surface area (Å²) in [4.78, 5) is 77.8. The molecule has 0 unspecified atom stereocenters. The lowest BCUT2D eigenvalue weighted by Crippen LogP contribution is -2.43. The third kappa shape index (κ3) is 12.8. The molecule has 4 aromatic carbocycles. The number of methoxy groups -OCH3 is 1. The monoisotopic (exact) mass is 1450 g/mol. The number of hydrogen-bond acceptors (Lipinski definition) is 16. The van der Waals surface area contributed by atoms with Crippen LogP contribution in [0.5, 0.6) is 5.75 Å². The average molecular weight is 1450 g/mol. The van der Waals surface area contributed by atoms with E-state index in [9.17, 15) is 27.9 Å². The fourth-order valence-corrected chi connectivity index (χ4v) is 15.8. The molecule has 0 spiro atoms. The lowest BCUT2D eigenvalue weighted by atomic mass is 9.81. The topological polar surface area (TPSA) is 362 Å². The number of aromatic amines is 3. The second-order valence-corrected chi connectivity index (χ2v) is 29.0. The number of carbonyl (C=O) groups is 3. The number of para-hydroxylation sites is 3. The van der Waals surface area contributed by atoms with Gasteiger partial charge in [-0.05, 0) is 117 Å². The van der Waals surface area contributed by atoms with E-state index in [1.807, 2.05) is 101 Å². The molecule has 2 aliphatic carbocycles. The number of nitrogens with zero attached hydrogens (tertiary/aromatic N) is 12. The largest absolute Gasteiger partial charge is 0.495 e. The van der Waals surface area contributed by atoms with Gasteiger partial charge in [-0.1, -0.05) is 72.3 Å². The first-order valence-electron chi connectivity index (χ1n) is 32.9. The zero-order chi connectivity index (χ0) is 69.8. The summed E-state index contributed by atoms with van der Waals surface area (Å²) in [5.74, 6) is 3.18. The zero-order valence-corrected chi connectivity index (χ0v) is 58.3. The number of benzene rings is 4. The highest BCUT2D eigenvalue weighted by molar-refractivity contribution is 9.10. The Morgan fingerprint density at radius 3 is 1.68 bits per heavy atom. The van der Waals surface area contributed by atoms with E-state index in [4.69, 9.17) is 48.5 Å². The summed E-state index contributed by atoms with van der Waals surface area (Å²) in [5, 5.41) is 17.6. The second-order valence-electron chi connectivity index (χ2n) is 26.0. The van der Waals surface area contributed by atoms with Gasteiger partial charge in [0.2, 0.25) is 15.9 Å². The molecule has 3 amide bonds. The van der Waals surface area contributed by atoms with Gasteiger partial charge in [0, 0.05) is 112 Å². The number of anilines is 3. The fourth-order valence-electron chi connectivity index (χ4n) is 14.5. The number of rotatable bonds is 11. The maximum absolute atomic E-state index is 12.3. The highest BCUT2D eigenvalue weighted by atomic mass is 79.9. The molecule has 11 N–H and O–H groups in total. The first-order chi connectivity index (χ1) is 48.2. The quantitative estimate of drug-likeness (QED) is 0.0596. The number of carboxylic acids is 1. The Bertz CT molecular complexity index is 5420. The third-order valence-corrected chi connectivity index (χ3v) is 21.0. The van der Waals surface area contributed by atoms with Gasteiger partial charge in [-0.25, -0.2) is 47.6 Å². The van der Waals surface area contributed by atoms with Gasteiger partial charge in [-0.2, -0.15) is 5.10 Å². The van der Waals surface area contributed by atoms with Gasteiger partial charge in [0.25, 0.3) is 0 Å². The summed E-state index contributed by atoms with van der Waals surface area (Å²) in [5.41, 5.74) is 30.6. The van der Waals surface area contributed by atoms with Gasteiger partial charge >= 0.3 is 12.0 Å². The van der Waals surface area contributed by atoms with Crippen LogP contribution in [0.3, 0.4) is 0 Å². The van der Waals surface area contributed by atoms with Gasteiger partial charge in [0.1, 0.15) is 74.8 Å². The molecule has 0 radical (unpaired) electrons. The summed E-state index contributed by atoms with van der Waals surface area (Å²) in [6.45, 7) is 1.43. The number of halogens is 2. The first kappa shape index (κ1) is 66.6. The van der Waals surface area contributed by atoms with Gasteiger partial charge < -0.3 is 51.8 Å². The number of amides is 3. The molecule has 2 saturated carbocycles. The van der Waals surface area contributed by atoms with Gasteiger partial charge in [0.15, 0.2) is 5.82 Å². The number of nitrogens with one attached hydrogen (secondary N) is 4. The minimum absolute atomic E-state index is 0.0595. The van der Waals surface area contributed by atoms with E-state index in [1.54, 1.807) is 43.0 Å². The van der Waals surface area contributed by atoms with E-state index in [0.717, 1.165) is 137 Å². The number of piperidine rings is 1. The molecule has 514 valence electrons. The van der Waals surface area contributed by atoms with Crippen molar-refractivity contribution >= 4 is 122 Å². The van der Waals surface area contributed by atoms with E-state index in [-0.39, 0.29) is 35.6 Å². The molecule has 0 atom stereocenters. The molecule has 100 heavy (non-hydrogen) atoms. The molecule has 0 bridgehead atoms. The zero-order valence-electron chi connectivity index (χ0n) is 55.2. The second kappa shape index (κ2) is 27.3. The SMILES string of the molecule is CN(C)C(=O)N1CCC(c2nc(-c3cc4cccc(Br)c4[nH]3)c3c(N)nccn23)CC1.COc1cccc2cc(-c3nc(C4CCC(C(=O)NS(C)(=O)=O)CC4)n4ccnc(N)c34)[nH]c12.Nc1ncnn2c(C3CCC(C(=O)O)CC3)nc(-c3cc4cccc(-c5ccccc5Cl)c4[nH]3)c12. The van der Waals surface area contributed by atoms with E-state index in [0.29, 0.717) is 91.0 Å². The summed E-state index contributed by atoms with van der Waals surface area (Å²) in [6.07, 6.45) is 16.6. The predicted octanol–water partition coefficient (Wildman–Crippen LogP) is 12.4. The van der Waals surface area contributed by atoms with Crippen LogP contribution in [0.15, 0.2) is 133 Å². The van der Waals surface area contributed by atoms with Crippen molar-refractivity contribution in [3.05, 3.63) is 155 Å². The standard InChI is InChI=1S/C26H23ClN6O2.C23H26N6O4S.C22H24BrN7O/c27-19-7-2-1-5-17(19)18-6-3-4-16-12-20(31-21(16)18)22-23-24(28)29-13-30-33(23)25(32-22)14-8-10-15(11-9-14)26(34)35;1-33-17-5-3-4-15-12-16(26-18(15)17)19-20-21(24)25-10-11-29(20)22(27-19)13-6-8-14(9-7-13)23(30)28-34(2,31)32;1-28(2)22(31)29-9-6-13(7-10-29)21-27-18(19-20(24)25-8-11-30(19)21)16-12-14-4-3-5-15(23)17(14)26-16/h1-7,12-15,31H,8-11H2,(H,34,35)(H2,28,29,30);3-5,10-14,26H,6-9H2,1-2H3,(H2,24,25)(H,28,30);3-5,8,11-13,26H,6-7,9-10H2,1-2H3,(H2,24,25). The van der Waals surface area contributed by atoms with Crippen LogP contribution in [0.4, 0.5) is 22.2 Å². The number of sulfonamides is 1. The summed E-state index contributed by atoms with van der Waals surface area (Å²) < 4.78 is 37.2. The van der Waals surface area contributed by atoms with E-state index >= 15 is 0 Å². The number of hydrogen-bond donors (Lipinski definition) is 8. The number of nitrogen functional groups attached to an aromatic ring is 3. The number of ether oxygens (including phenoxy) is 1. The minimum atomic E-state index is -3.56. The number of aliphatic carboxylic acids is 1. The summed E-state index contributed by atoms with van der Waals surface area (Å²) in [6, 6.07) is 32.0. The van der Waals surface area contributed by atoms with Gasteiger partial charge in [-0.15, -0.1) is 0 Å². The molecule has 1 aliphatic heterocycles. The number of H-pyrrole nitrogens is 3. The first-order valence-corrected chi connectivity index (χ1v) is 36.0. The van der Waals surface area contributed by atoms with Crippen LogP contribution in [0.1, 0.15) is 99.4 Å². The summed E-state index contributed by atoms with van der Waals surface area (Å²) in [7, 11) is 1.65. The van der Waals surface area contributed by atoms with Crippen LogP contribution >= 0.6 is 27.5 Å². The summed E-state index contributed by atoms with van der Waals surface area (Å²) >= 11 is 10.1. The smallest absolute Gasteiger partial charge is 0.319 e. The molecular weight excluding hydrogens is 1380 g/mol.